The van der Waals surface area contributed by atoms with Gasteiger partial charge in [-0.1, -0.05) is 6.07 Å². The van der Waals surface area contributed by atoms with E-state index in [2.05, 4.69) is 10.1 Å². The van der Waals surface area contributed by atoms with E-state index < -0.39 is 27.0 Å². The molecule has 1 atom stereocenters. The normalized spacial score (nSPS) is 12.5. The monoisotopic (exact) mass is 365 g/mol. The molecule has 0 aliphatic carbocycles. The molecule has 0 saturated carbocycles. The number of thioether (sulfide) groups is 1. The Morgan fingerprint density at radius 3 is 2.64 bits per heavy atom. The molecule has 6 nitrogen and oxygen atoms in total. The summed E-state index contributed by atoms with van der Waals surface area (Å²) in [6, 6.07) is 4.48. The van der Waals surface area contributed by atoms with Gasteiger partial charge in [-0.05, 0) is 36.6 Å². The number of hydrogen-bond acceptors (Lipinski definition) is 6. The van der Waals surface area contributed by atoms with Gasteiger partial charge in [0, 0.05) is 16.2 Å². The molecule has 0 unspecified atom stereocenters. The van der Waals surface area contributed by atoms with Crippen molar-refractivity contribution in [3.63, 3.8) is 0 Å². The fourth-order valence-corrected chi connectivity index (χ4v) is 2.93. The van der Waals surface area contributed by atoms with Crippen LogP contribution in [0.25, 0.3) is 0 Å². The number of esters is 1. The summed E-state index contributed by atoms with van der Waals surface area (Å²) in [5, 5.41) is 2.53. The van der Waals surface area contributed by atoms with E-state index >= 15 is 0 Å². The Morgan fingerprint density at radius 1 is 1.41 bits per heavy atom. The summed E-state index contributed by atoms with van der Waals surface area (Å²) < 4.78 is 27.2. The summed E-state index contributed by atoms with van der Waals surface area (Å²) in [4.78, 5) is 23.6. The maximum absolute atomic E-state index is 12.2. The second kappa shape index (κ2) is 8.40. The lowest BCUT2D eigenvalue weighted by Gasteiger charge is -2.16. The predicted octanol–water partition coefficient (Wildman–Crippen LogP) is 1.64. The van der Waals surface area contributed by atoms with E-state index in [1.54, 1.807) is 0 Å². The van der Waals surface area contributed by atoms with Crippen LogP contribution in [-0.2, 0) is 18.6 Å². The van der Waals surface area contributed by atoms with Gasteiger partial charge in [0.2, 0.25) is 0 Å². The Bertz CT molecular complexity index is 648. The fourth-order valence-electron chi connectivity index (χ4n) is 1.66. The number of amides is 1. The summed E-state index contributed by atoms with van der Waals surface area (Å²) in [6.07, 6.45) is 2.29. The van der Waals surface area contributed by atoms with Crippen molar-refractivity contribution in [2.75, 3.05) is 19.1 Å². The maximum Gasteiger partial charge on any atom is 0.328 e. The van der Waals surface area contributed by atoms with Crippen LogP contribution in [0.15, 0.2) is 29.2 Å². The van der Waals surface area contributed by atoms with Crippen LogP contribution in [0.1, 0.15) is 16.8 Å². The zero-order chi connectivity index (χ0) is 16.8. The van der Waals surface area contributed by atoms with Gasteiger partial charge in [-0.2, -0.15) is 11.8 Å². The van der Waals surface area contributed by atoms with E-state index in [0.29, 0.717) is 12.2 Å². The van der Waals surface area contributed by atoms with E-state index in [1.807, 2.05) is 6.26 Å². The number of methoxy groups -OCH3 is 1. The van der Waals surface area contributed by atoms with Crippen LogP contribution in [0.5, 0.6) is 0 Å². The highest BCUT2D eigenvalue weighted by molar-refractivity contribution is 8.13. The second-order valence-corrected chi connectivity index (χ2v) is 7.85. The highest BCUT2D eigenvalue weighted by Crippen LogP contribution is 2.16. The molecule has 122 valence electrons. The van der Waals surface area contributed by atoms with Crippen LogP contribution in [0.4, 0.5) is 0 Å². The van der Waals surface area contributed by atoms with Gasteiger partial charge in [-0.3, -0.25) is 4.79 Å². The Hall–Kier alpha value is -1.25. The third kappa shape index (κ3) is 5.51. The van der Waals surface area contributed by atoms with Crippen molar-refractivity contribution < 1.29 is 22.7 Å². The minimum atomic E-state index is -3.93. The van der Waals surface area contributed by atoms with Gasteiger partial charge < -0.3 is 10.1 Å². The Morgan fingerprint density at radius 2 is 2.09 bits per heavy atom. The van der Waals surface area contributed by atoms with E-state index in [4.69, 9.17) is 10.7 Å². The maximum atomic E-state index is 12.2. The van der Waals surface area contributed by atoms with Gasteiger partial charge in [0.25, 0.3) is 15.0 Å². The molecule has 0 bridgehead atoms. The molecule has 1 N–H and O–H groups in total. The Kier molecular flexibility index (Phi) is 7.18. The number of rotatable bonds is 7. The van der Waals surface area contributed by atoms with Gasteiger partial charge in [0.15, 0.2) is 0 Å². The van der Waals surface area contributed by atoms with Crippen molar-refractivity contribution >= 4 is 43.4 Å². The van der Waals surface area contributed by atoms with Crippen LogP contribution in [0, 0.1) is 0 Å². The summed E-state index contributed by atoms with van der Waals surface area (Å²) in [5.74, 6) is -0.460. The molecule has 0 aromatic heterocycles. The Labute approximate surface area is 138 Å². The van der Waals surface area contributed by atoms with E-state index in [-0.39, 0.29) is 10.5 Å². The first-order valence-electron chi connectivity index (χ1n) is 6.22. The molecule has 1 aromatic carbocycles. The molecule has 0 radical (unpaired) electrons. The molecule has 22 heavy (non-hydrogen) atoms. The van der Waals surface area contributed by atoms with Crippen LogP contribution in [-0.4, -0.2) is 45.5 Å². The molecular weight excluding hydrogens is 350 g/mol. The number of carbonyl (C=O) groups is 2. The van der Waals surface area contributed by atoms with Crippen molar-refractivity contribution in [2.24, 2.45) is 0 Å². The molecule has 0 aliphatic heterocycles. The summed E-state index contributed by atoms with van der Waals surface area (Å²) in [5.41, 5.74) is 0.0970. The number of halogens is 1. The zero-order valence-electron chi connectivity index (χ0n) is 12.0. The number of benzene rings is 1. The molecule has 9 heteroatoms. The zero-order valence-corrected chi connectivity index (χ0v) is 14.4. The van der Waals surface area contributed by atoms with Crippen molar-refractivity contribution in [3.8, 4) is 0 Å². The summed E-state index contributed by atoms with van der Waals surface area (Å²) in [7, 11) is 2.56. The van der Waals surface area contributed by atoms with Gasteiger partial charge in [0.05, 0.1) is 12.0 Å². The quantitative estimate of drug-likeness (QED) is 0.583. The first kappa shape index (κ1) is 18.8. The third-order valence-corrected chi connectivity index (χ3v) is 4.77. The molecular formula is C13H16ClNO5S2. The van der Waals surface area contributed by atoms with E-state index in [1.165, 1.54) is 37.1 Å². The molecule has 0 spiro atoms. The number of nitrogens with one attached hydrogen (secondary N) is 1. The van der Waals surface area contributed by atoms with Crippen LogP contribution in [0.3, 0.4) is 0 Å². The van der Waals surface area contributed by atoms with Gasteiger partial charge in [-0.15, -0.1) is 0 Å². The Balaban J connectivity index is 2.92. The van der Waals surface area contributed by atoms with Crippen molar-refractivity contribution in [1.82, 2.24) is 5.32 Å². The molecule has 1 aromatic rings. The number of carbonyl (C=O) groups excluding carboxylic acids is 2. The minimum absolute atomic E-state index is 0.0970. The minimum Gasteiger partial charge on any atom is -0.467 e. The lowest BCUT2D eigenvalue weighted by molar-refractivity contribution is -0.142. The average molecular weight is 366 g/mol. The molecule has 1 rings (SSSR count). The lowest BCUT2D eigenvalue weighted by atomic mass is 10.1. The molecule has 0 saturated heterocycles. The first-order chi connectivity index (χ1) is 10.3. The van der Waals surface area contributed by atoms with Gasteiger partial charge >= 0.3 is 5.97 Å². The largest absolute Gasteiger partial charge is 0.467 e. The molecule has 0 aliphatic rings. The highest BCUT2D eigenvalue weighted by Gasteiger charge is 2.22. The SMILES string of the molecule is COC(=O)[C@H](CCSC)NC(=O)c1cccc(S(=O)(=O)Cl)c1. The van der Waals surface area contributed by atoms with Gasteiger partial charge in [0.1, 0.15) is 6.04 Å². The highest BCUT2D eigenvalue weighted by atomic mass is 35.7. The van der Waals surface area contributed by atoms with Crippen molar-refractivity contribution in [3.05, 3.63) is 29.8 Å². The van der Waals surface area contributed by atoms with E-state index in [0.717, 1.165) is 6.07 Å². The second-order valence-electron chi connectivity index (χ2n) is 4.30. The molecule has 1 amide bonds. The molecule has 0 fully saturated rings. The third-order valence-electron chi connectivity index (χ3n) is 2.78. The summed E-state index contributed by atoms with van der Waals surface area (Å²) in [6.45, 7) is 0. The average Bonchev–Trinajstić information content (AvgIpc) is 2.49. The standard InChI is InChI=1S/C13H16ClNO5S2/c1-20-13(17)11(6-7-21-2)15-12(16)9-4-3-5-10(8-9)22(14,18)19/h3-5,8,11H,6-7H2,1-2H3,(H,15,16)/t11-/m0/s1. The number of ether oxygens (including phenoxy) is 1. The van der Waals surface area contributed by atoms with Crippen molar-refractivity contribution in [1.29, 1.82) is 0 Å². The summed E-state index contributed by atoms with van der Waals surface area (Å²) >= 11 is 1.53. The number of hydrogen-bond donors (Lipinski definition) is 1. The smallest absolute Gasteiger partial charge is 0.328 e. The topological polar surface area (TPSA) is 89.5 Å². The predicted molar refractivity (Wildman–Crippen MR) is 85.8 cm³/mol. The van der Waals surface area contributed by atoms with Crippen LogP contribution in [0.2, 0.25) is 0 Å². The van der Waals surface area contributed by atoms with Crippen LogP contribution >= 0.6 is 22.4 Å². The van der Waals surface area contributed by atoms with Gasteiger partial charge in [-0.25, -0.2) is 13.2 Å². The molecule has 0 heterocycles. The van der Waals surface area contributed by atoms with Crippen LogP contribution < -0.4 is 5.32 Å². The van der Waals surface area contributed by atoms with Crippen molar-refractivity contribution in [2.45, 2.75) is 17.4 Å². The lowest BCUT2D eigenvalue weighted by Crippen LogP contribution is -2.42. The first-order valence-corrected chi connectivity index (χ1v) is 9.92. The fraction of sp³-hybridized carbons (Fsp3) is 0.385. The van der Waals surface area contributed by atoms with E-state index in [9.17, 15) is 18.0 Å².